The first-order chi connectivity index (χ1) is 15.3. The van der Waals surface area contributed by atoms with Crippen molar-refractivity contribution in [2.24, 2.45) is 0 Å². The zero-order chi connectivity index (χ0) is 23.0. The van der Waals surface area contributed by atoms with Gasteiger partial charge in [-0.3, -0.25) is 14.4 Å². The van der Waals surface area contributed by atoms with Crippen molar-refractivity contribution in [3.8, 4) is 0 Å². The van der Waals surface area contributed by atoms with Crippen molar-refractivity contribution in [2.75, 3.05) is 11.9 Å². The molecule has 1 fully saturated rings. The van der Waals surface area contributed by atoms with Crippen molar-refractivity contribution in [1.29, 1.82) is 0 Å². The minimum absolute atomic E-state index is 0.0536. The summed E-state index contributed by atoms with van der Waals surface area (Å²) in [6.07, 6.45) is -4.34. The van der Waals surface area contributed by atoms with Crippen LogP contribution in [0.4, 0.5) is 13.2 Å². The average Bonchev–Trinajstić information content (AvgIpc) is 3.26. The van der Waals surface area contributed by atoms with Crippen LogP contribution in [0.2, 0.25) is 0 Å². The van der Waals surface area contributed by atoms with E-state index >= 15 is 0 Å². The molecule has 0 N–H and O–H groups in total. The number of fused-ring (bicyclic) bond motifs is 1. The number of carbonyl (C=O) groups excluding carboxylic acids is 3. The lowest BCUT2D eigenvalue weighted by molar-refractivity contribution is -0.186. The number of alkyl halides is 4. The highest BCUT2D eigenvalue weighted by molar-refractivity contribution is 9.09. The topological polar surface area (TPSA) is 54.5 Å². The Morgan fingerprint density at radius 3 is 2.19 bits per heavy atom. The summed E-state index contributed by atoms with van der Waals surface area (Å²) < 4.78 is 40.0. The van der Waals surface area contributed by atoms with E-state index in [9.17, 15) is 27.6 Å². The van der Waals surface area contributed by atoms with Gasteiger partial charge in [-0.15, -0.1) is 0 Å². The fourth-order valence-electron chi connectivity index (χ4n) is 4.70. The van der Waals surface area contributed by atoms with Gasteiger partial charge in [0, 0.05) is 46.1 Å². The van der Waals surface area contributed by atoms with Gasteiger partial charge in [0.2, 0.25) is 0 Å². The summed E-state index contributed by atoms with van der Waals surface area (Å²) >= 11 is 3.30. The predicted molar refractivity (Wildman–Crippen MR) is 116 cm³/mol. The number of Topliss-reactive ketones (excluding diaryl/α,β-unsaturated/α-hetero) is 2. The van der Waals surface area contributed by atoms with E-state index in [4.69, 9.17) is 0 Å². The second kappa shape index (κ2) is 8.65. The molecule has 2 aromatic rings. The summed E-state index contributed by atoms with van der Waals surface area (Å²) in [5, 5.41) is 0.0739. The molecular formula is C24H19BrF3NO3. The van der Waals surface area contributed by atoms with E-state index in [1.807, 2.05) is 0 Å². The lowest BCUT2D eigenvalue weighted by Gasteiger charge is -2.35. The number of ketones is 2. The number of rotatable bonds is 4. The van der Waals surface area contributed by atoms with Crippen LogP contribution in [0.25, 0.3) is 0 Å². The Kier molecular flexibility index (Phi) is 6.07. The Bertz CT molecular complexity index is 1110. The van der Waals surface area contributed by atoms with E-state index in [-0.39, 0.29) is 39.9 Å². The highest BCUT2D eigenvalue weighted by atomic mass is 79.9. The molecule has 4 rings (SSSR count). The van der Waals surface area contributed by atoms with Crippen LogP contribution in [0.1, 0.15) is 45.0 Å². The fraction of sp³-hybridized carbons (Fsp3) is 0.292. The molecule has 166 valence electrons. The van der Waals surface area contributed by atoms with Gasteiger partial charge in [0.15, 0.2) is 11.6 Å². The van der Waals surface area contributed by atoms with Crippen LogP contribution in [-0.2, 0) is 4.79 Å². The summed E-state index contributed by atoms with van der Waals surface area (Å²) in [5.74, 6) is -3.51. The SMILES string of the molecule is O=C1C(CBr)=C(C(c2ccccc2)C2CCCN2C(=O)C(F)(F)F)C(=O)c2ccccc21. The molecule has 2 atom stereocenters. The van der Waals surface area contributed by atoms with E-state index < -0.39 is 29.8 Å². The molecule has 2 aliphatic rings. The molecular weight excluding hydrogens is 487 g/mol. The third-order valence-corrected chi connectivity index (χ3v) is 6.61. The molecule has 8 heteroatoms. The van der Waals surface area contributed by atoms with Crippen molar-refractivity contribution in [1.82, 2.24) is 4.90 Å². The zero-order valence-electron chi connectivity index (χ0n) is 16.9. The van der Waals surface area contributed by atoms with Gasteiger partial charge >= 0.3 is 12.1 Å². The minimum Gasteiger partial charge on any atom is -0.331 e. The third kappa shape index (κ3) is 3.81. The van der Waals surface area contributed by atoms with Crippen LogP contribution in [-0.4, -0.2) is 46.5 Å². The first kappa shape index (κ1) is 22.5. The Labute approximate surface area is 191 Å². The number of halogens is 4. The van der Waals surface area contributed by atoms with E-state index in [1.165, 1.54) is 0 Å². The standard InChI is InChI=1S/C24H19BrF3NO3/c25-13-17-20(22(31)16-10-5-4-9-15(16)21(17)30)19(14-7-2-1-3-8-14)18-11-6-12-29(18)23(32)24(26,27)28/h1-5,7-10,18-19H,6,11-13H2. The maximum absolute atomic E-state index is 13.6. The fourth-order valence-corrected chi connectivity index (χ4v) is 5.26. The Balaban J connectivity index is 1.91. The van der Waals surface area contributed by atoms with Gasteiger partial charge in [-0.05, 0) is 18.4 Å². The second-order valence-corrected chi connectivity index (χ2v) is 8.38. The quantitative estimate of drug-likeness (QED) is 0.543. The number of hydrogen-bond donors (Lipinski definition) is 0. The van der Waals surface area contributed by atoms with Crippen LogP contribution in [0, 0.1) is 0 Å². The summed E-state index contributed by atoms with van der Waals surface area (Å²) in [6.45, 7) is -0.0536. The molecule has 0 spiro atoms. The molecule has 0 aromatic heterocycles. The Morgan fingerprint density at radius 1 is 1.00 bits per heavy atom. The van der Waals surface area contributed by atoms with Crippen LogP contribution >= 0.6 is 15.9 Å². The Hall–Kier alpha value is -2.74. The van der Waals surface area contributed by atoms with Gasteiger partial charge in [0.25, 0.3) is 0 Å². The highest BCUT2D eigenvalue weighted by Crippen LogP contribution is 2.43. The summed E-state index contributed by atoms with van der Waals surface area (Å²) in [7, 11) is 0. The second-order valence-electron chi connectivity index (χ2n) is 7.82. The summed E-state index contributed by atoms with van der Waals surface area (Å²) in [4.78, 5) is 39.9. The zero-order valence-corrected chi connectivity index (χ0v) is 18.4. The van der Waals surface area contributed by atoms with Gasteiger partial charge in [-0.2, -0.15) is 13.2 Å². The maximum Gasteiger partial charge on any atom is 0.471 e. The van der Waals surface area contributed by atoms with E-state index in [1.54, 1.807) is 54.6 Å². The molecule has 0 bridgehead atoms. The molecule has 1 aliphatic heterocycles. The summed E-state index contributed by atoms with van der Waals surface area (Å²) in [5.41, 5.74) is 1.47. The van der Waals surface area contributed by atoms with Crippen molar-refractivity contribution < 1.29 is 27.6 Å². The normalized spacial score (nSPS) is 19.9. The third-order valence-electron chi connectivity index (χ3n) is 6.05. The van der Waals surface area contributed by atoms with Crippen molar-refractivity contribution in [3.05, 3.63) is 82.4 Å². The summed E-state index contributed by atoms with van der Waals surface area (Å²) in [6, 6.07) is 14.2. The van der Waals surface area contributed by atoms with E-state index in [2.05, 4.69) is 15.9 Å². The number of carbonyl (C=O) groups is 3. The molecule has 2 unspecified atom stereocenters. The molecule has 2 aromatic carbocycles. The smallest absolute Gasteiger partial charge is 0.331 e. The first-order valence-corrected chi connectivity index (χ1v) is 11.3. The number of amides is 1. The van der Waals surface area contributed by atoms with Crippen molar-refractivity contribution in [2.45, 2.75) is 31.0 Å². The number of hydrogen-bond acceptors (Lipinski definition) is 3. The highest BCUT2D eigenvalue weighted by Gasteiger charge is 2.50. The molecule has 4 nitrogen and oxygen atoms in total. The van der Waals surface area contributed by atoms with Crippen LogP contribution in [0.15, 0.2) is 65.7 Å². The molecule has 0 saturated carbocycles. The Morgan fingerprint density at radius 2 is 1.59 bits per heavy atom. The minimum atomic E-state index is -5.02. The van der Waals surface area contributed by atoms with Gasteiger partial charge in [0.05, 0.1) is 0 Å². The van der Waals surface area contributed by atoms with Crippen LogP contribution in [0.5, 0.6) is 0 Å². The van der Waals surface area contributed by atoms with E-state index in [0.717, 1.165) is 4.90 Å². The van der Waals surface area contributed by atoms with E-state index in [0.29, 0.717) is 18.4 Å². The molecule has 1 saturated heterocycles. The van der Waals surface area contributed by atoms with Gasteiger partial charge in [0.1, 0.15) is 0 Å². The number of allylic oxidation sites excluding steroid dienone is 1. The van der Waals surface area contributed by atoms with Crippen molar-refractivity contribution in [3.63, 3.8) is 0 Å². The lowest BCUT2D eigenvalue weighted by atomic mass is 9.73. The number of nitrogens with zero attached hydrogens (tertiary/aromatic N) is 1. The molecule has 1 aliphatic carbocycles. The van der Waals surface area contributed by atoms with Crippen LogP contribution < -0.4 is 0 Å². The largest absolute Gasteiger partial charge is 0.471 e. The lowest BCUT2D eigenvalue weighted by Crippen LogP contribution is -2.47. The monoisotopic (exact) mass is 505 g/mol. The van der Waals surface area contributed by atoms with Crippen LogP contribution in [0.3, 0.4) is 0 Å². The molecule has 1 amide bonds. The van der Waals surface area contributed by atoms with Gasteiger partial charge < -0.3 is 4.90 Å². The average molecular weight is 506 g/mol. The molecule has 1 heterocycles. The molecule has 32 heavy (non-hydrogen) atoms. The number of likely N-dealkylation sites (tertiary alicyclic amines) is 1. The number of benzene rings is 2. The first-order valence-electron chi connectivity index (χ1n) is 10.2. The maximum atomic E-state index is 13.6. The molecule has 0 radical (unpaired) electrons. The van der Waals surface area contributed by atoms with Crippen molar-refractivity contribution >= 4 is 33.4 Å². The predicted octanol–water partition coefficient (Wildman–Crippen LogP) is 5.09. The van der Waals surface area contributed by atoms with Gasteiger partial charge in [-0.1, -0.05) is 70.5 Å². The van der Waals surface area contributed by atoms with Gasteiger partial charge in [-0.25, -0.2) is 0 Å².